The molecule has 0 heterocycles. The van der Waals surface area contributed by atoms with E-state index in [0.29, 0.717) is 19.7 Å². The second kappa shape index (κ2) is 9.20. The van der Waals surface area contributed by atoms with Gasteiger partial charge in [-0.25, -0.2) is 4.79 Å². The number of urea groups is 1. The molecule has 0 unspecified atom stereocenters. The minimum Gasteiger partial charge on any atom is -0.493 e. The predicted molar refractivity (Wildman–Crippen MR) is 95.7 cm³/mol. The zero-order chi connectivity index (χ0) is 16.5. The highest BCUT2D eigenvalue weighted by atomic mass is 79.9. The Bertz CT molecular complexity index is 646. The molecule has 2 rings (SSSR count). The van der Waals surface area contributed by atoms with E-state index in [9.17, 15) is 4.79 Å². The van der Waals surface area contributed by atoms with E-state index in [1.807, 2.05) is 55.5 Å². The van der Waals surface area contributed by atoms with E-state index in [2.05, 4.69) is 26.6 Å². The predicted octanol–water partition coefficient (Wildman–Crippen LogP) is 4.03. The van der Waals surface area contributed by atoms with Crippen molar-refractivity contribution in [2.24, 2.45) is 0 Å². The summed E-state index contributed by atoms with van der Waals surface area (Å²) in [5.74, 6) is 0.894. The minimum absolute atomic E-state index is 0.170. The minimum atomic E-state index is -0.170. The zero-order valence-corrected chi connectivity index (χ0v) is 14.7. The topological polar surface area (TPSA) is 50.4 Å². The maximum absolute atomic E-state index is 11.7. The molecule has 0 atom stereocenters. The van der Waals surface area contributed by atoms with Gasteiger partial charge >= 0.3 is 6.03 Å². The molecule has 0 aromatic heterocycles. The molecule has 5 heteroatoms. The van der Waals surface area contributed by atoms with Gasteiger partial charge in [0.1, 0.15) is 5.75 Å². The fourth-order valence-corrected chi connectivity index (χ4v) is 2.48. The van der Waals surface area contributed by atoms with Gasteiger partial charge in [0.15, 0.2) is 0 Å². The molecule has 0 aliphatic carbocycles. The Morgan fingerprint density at radius 3 is 2.61 bits per heavy atom. The Balaban J connectivity index is 1.60. The molecule has 122 valence electrons. The first-order valence-electron chi connectivity index (χ1n) is 7.60. The van der Waals surface area contributed by atoms with E-state index < -0.39 is 0 Å². The molecule has 0 fully saturated rings. The highest BCUT2D eigenvalue weighted by Crippen LogP contribution is 2.16. The van der Waals surface area contributed by atoms with Crippen molar-refractivity contribution < 1.29 is 9.53 Å². The number of halogens is 1. The van der Waals surface area contributed by atoms with Crippen molar-refractivity contribution in [1.82, 2.24) is 10.6 Å². The smallest absolute Gasteiger partial charge is 0.315 e. The highest BCUT2D eigenvalue weighted by Gasteiger charge is 2.03. The Hall–Kier alpha value is -2.01. The number of amides is 2. The second-order valence-corrected chi connectivity index (χ2v) is 6.02. The molecule has 2 aromatic carbocycles. The van der Waals surface area contributed by atoms with Crippen LogP contribution in [0.2, 0.25) is 0 Å². The average Bonchev–Trinajstić information content (AvgIpc) is 2.55. The molecule has 0 spiro atoms. The van der Waals surface area contributed by atoms with Crippen LogP contribution >= 0.6 is 15.9 Å². The van der Waals surface area contributed by atoms with Crippen LogP contribution < -0.4 is 15.4 Å². The van der Waals surface area contributed by atoms with Gasteiger partial charge in [0, 0.05) is 17.6 Å². The first-order valence-corrected chi connectivity index (χ1v) is 8.39. The third kappa shape index (κ3) is 5.94. The molecule has 0 aliphatic rings. The molecular weight excluding hydrogens is 356 g/mol. The van der Waals surface area contributed by atoms with Gasteiger partial charge in [0.25, 0.3) is 0 Å². The summed E-state index contributed by atoms with van der Waals surface area (Å²) in [6.07, 6.45) is 0.761. The number of aryl methyl sites for hydroxylation is 1. The quantitative estimate of drug-likeness (QED) is 0.716. The number of nitrogens with one attached hydrogen (secondary N) is 2. The summed E-state index contributed by atoms with van der Waals surface area (Å²) in [6, 6.07) is 15.6. The summed E-state index contributed by atoms with van der Waals surface area (Å²) in [6.45, 7) is 3.67. The van der Waals surface area contributed by atoms with Gasteiger partial charge in [-0.1, -0.05) is 52.3 Å². The normalized spacial score (nSPS) is 10.2. The van der Waals surface area contributed by atoms with Crippen molar-refractivity contribution in [3.8, 4) is 5.75 Å². The lowest BCUT2D eigenvalue weighted by Crippen LogP contribution is -2.36. The van der Waals surface area contributed by atoms with E-state index in [4.69, 9.17) is 4.74 Å². The molecule has 0 saturated carbocycles. The lowest BCUT2D eigenvalue weighted by atomic mass is 10.2. The lowest BCUT2D eigenvalue weighted by molar-refractivity contribution is 0.238. The van der Waals surface area contributed by atoms with Crippen LogP contribution in [0.25, 0.3) is 0 Å². The number of ether oxygens (including phenoxy) is 1. The molecule has 0 bridgehead atoms. The van der Waals surface area contributed by atoms with Crippen LogP contribution in [0, 0.1) is 6.92 Å². The first kappa shape index (κ1) is 17.3. The third-order valence-electron chi connectivity index (χ3n) is 3.36. The number of hydrogen-bond acceptors (Lipinski definition) is 2. The van der Waals surface area contributed by atoms with E-state index in [-0.39, 0.29) is 6.03 Å². The lowest BCUT2D eigenvalue weighted by Gasteiger charge is -2.10. The number of para-hydroxylation sites is 1. The summed E-state index contributed by atoms with van der Waals surface area (Å²) in [5.41, 5.74) is 2.16. The van der Waals surface area contributed by atoms with Gasteiger partial charge in [-0.05, 0) is 36.6 Å². The largest absolute Gasteiger partial charge is 0.493 e. The molecule has 4 nitrogen and oxygen atoms in total. The summed E-state index contributed by atoms with van der Waals surface area (Å²) in [7, 11) is 0. The van der Waals surface area contributed by atoms with Gasteiger partial charge in [-0.3, -0.25) is 0 Å². The molecule has 0 radical (unpaired) electrons. The van der Waals surface area contributed by atoms with Gasteiger partial charge in [-0.2, -0.15) is 0 Å². The van der Waals surface area contributed by atoms with Crippen molar-refractivity contribution in [3.05, 3.63) is 64.1 Å². The Morgan fingerprint density at radius 2 is 1.83 bits per heavy atom. The fraction of sp³-hybridized carbons (Fsp3) is 0.278. The summed E-state index contributed by atoms with van der Waals surface area (Å²) < 4.78 is 6.68. The fourth-order valence-electron chi connectivity index (χ4n) is 2.05. The molecule has 2 N–H and O–H groups in total. The van der Waals surface area contributed by atoms with Gasteiger partial charge in [0.2, 0.25) is 0 Å². The van der Waals surface area contributed by atoms with Crippen LogP contribution in [0.3, 0.4) is 0 Å². The van der Waals surface area contributed by atoms with Crippen LogP contribution in [0.4, 0.5) is 4.79 Å². The summed E-state index contributed by atoms with van der Waals surface area (Å²) in [4.78, 5) is 11.7. The number of hydrogen-bond donors (Lipinski definition) is 2. The van der Waals surface area contributed by atoms with Crippen molar-refractivity contribution in [3.63, 3.8) is 0 Å². The Labute approximate surface area is 145 Å². The molecule has 2 amide bonds. The average molecular weight is 377 g/mol. The van der Waals surface area contributed by atoms with Crippen molar-refractivity contribution >= 4 is 22.0 Å². The molecule has 2 aromatic rings. The van der Waals surface area contributed by atoms with E-state index in [1.165, 1.54) is 0 Å². The zero-order valence-electron chi connectivity index (χ0n) is 13.1. The van der Waals surface area contributed by atoms with Crippen LogP contribution in [0.1, 0.15) is 17.5 Å². The molecule has 0 saturated heterocycles. The van der Waals surface area contributed by atoms with Crippen LogP contribution in [-0.4, -0.2) is 19.2 Å². The highest BCUT2D eigenvalue weighted by molar-refractivity contribution is 9.10. The number of carbonyl (C=O) groups excluding carboxylic acids is 1. The molecule has 0 aliphatic heterocycles. The van der Waals surface area contributed by atoms with Gasteiger partial charge < -0.3 is 15.4 Å². The maximum Gasteiger partial charge on any atom is 0.315 e. The van der Waals surface area contributed by atoms with Gasteiger partial charge in [-0.15, -0.1) is 0 Å². The van der Waals surface area contributed by atoms with Gasteiger partial charge in [0.05, 0.1) is 6.61 Å². The van der Waals surface area contributed by atoms with E-state index in [0.717, 1.165) is 27.8 Å². The van der Waals surface area contributed by atoms with Crippen LogP contribution in [-0.2, 0) is 6.54 Å². The summed E-state index contributed by atoms with van der Waals surface area (Å²) >= 11 is 3.46. The number of benzene rings is 2. The second-order valence-electron chi connectivity index (χ2n) is 5.17. The van der Waals surface area contributed by atoms with Crippen molar-refractivity contribution in [2.45, 2.75) is 19.9 Å². The number of rotatable bonds is 7. The third-order valence-corrected chi connectivity index (χ3v) is 4.13. The van der Waals surface area contributed by atoms with Crippen LogP contribution in [0.5, 0.6) is 5.75 Å². The molecule has 23 heavy (non-hydrogen) atoms. The Kier molecular flexibility index (Phi) is 6.94. The number of carbonyl (C=O) groups is 1. The maximum atomic E-state index is 11.7. The Morgan fingerprint density at radius 1 is 1.09 bits per heavy atom. The first-order chi connectivity index (χ1) is 11.2. The molecular formula is C18H21BrN2O2. The van der Waals surface area contributed by atoms with Crippen molar-refractivity contribution in [1.29, 1.82) is 0 Å². The monoisotopic (exact) mass is 376 g/mol. The van der Waals surface area contributed by atoms with Crippen LogP contribution in [0.15, 0.2) is 53.0 Å². The van der Waals surface area contributed by atoms with E-state index >= 15 is 0 Å². The SMILES string of the molecule is Cc1ccccc1OCCCNC(=O)NCc1ccccc1Br. The van der Waals surface area contributed by atoms with E-state index in [1.54, 1.807) is 0 Å². The van der Waals surface area contributed by atoms with Crippen molar-refractivity contribution in [2.75, 3.05) is 13.2 Å². The summed E-state index contributed by atoms with van der Waals surface area (Å²) in [5, 5.41) is 5.66. The standard InChI is InChI=1S/C18H21BrN2O2/c1-14-7-2-5-10-17(14)23-12-6-11-20-18(22)21-13-15-8-3-4-9-16(15)19/h2-5,7-10H,6,11-13H2,1H3,(H2,20,21,22).